The minimum atomic E-state index is -4.96. The van der Waals surface area contributed by atoms with Gasteiger partial charge in [0.1, 0.15) is 19.3 Å². The molecule has 0 saturated carbocycles. The first-order valence-electron chi connectivity index (χ1n) is 43.1. The number of hydrogen-bond acceptors (Lipinski definition) is 15. The number of phosphoric ester groups is 2. The number of esters is 4. The van der Waals surface area contributed by atoms with E-state index >= 15 is 0 Å². The van der Waals surface area contributed by atoms with Crippen LogP contribution in [0.5, 0.6) is 0 Å². The van der Waals surface area contributed by atoms with Crippen LogP contribution in [-0.2, 0) is 65.4 Å². The van der Waals surface area contributed by atoms with Crippen molar-refractivity contribution in [2.75, 3.05) is 39.6 Å². The molecule has 17 nitrogen and oxygen atoms in total. The van der Waals surface area contributed by atoms with Crippen LogP contribution in [0.4, 0.5) is 0 Å². The number of phosphoric acid groups is 2. The van der Waals surface area contributed by atoms with Crippen molar-refractivity contribution in [2.45, 2.75) is 464 Å². The van der Waals surface area contributed by atoms with Gasteiger partial charge in [-0.15, -0.1) is 0 Å². The van der Waals surface area contributed by atoms with Gasteiger partial charge in [0.25, 0.3) is 0 Å². The van der Waals surface area contributed by atoms with Crippen LogP contribution < -0.4 is 0 Å². The van der Waals surface area contributed by atoms with E-state index in [1.165, 1.54) is 270 Å². The minimum absolute atomic E-state index is 0.106. The molecule has 0 aliphatic heterocycles. The fraction of sp³-hybridized carbons (Fsp3) is 0.952. The summed E-state index contributed by atoms with van der Waals surface area (Å²) >= 11 is 0. The van der Waals surface area contributed by atoms with Crippen molar-refractivity contribution in [3.8, 4) is 0 Å². The van der Waals surface area contributed by atoms with Crippen molar-refractivity contribution in [3.63, 3.8) is 0 Å². The second kappa shape index (κ2) is 75.9. The largest absolute Gasteiger partial charge is 0.472 e. The number of rotatable bonds is 83. The second-order valence-electron chi connectivity index (χ2n) is 30.3. The van der Waals surface area contributed by atoms with Crippen molar-refractivity contribution in [3.05, 3.63) is 0 Å². The van der Waals surface area contributed by atoms with Crippen LogP contribution in [0, 0.1) is 5.92 Å². The van der Waals surface area contributed by atoms with Gasteiger partial charge in [0.15, 0.2) is 12.2 Å². The van der Waals surface area contributed by atoms with Crippen LogP contribution in [0.2, 0.25) is 0 Å². The lowest BCUT2D eigenvalue weighted by molar-refractivity contribution is -0.161. The molecule has 5 atom stereocenters. The third kappa shape index (κ3) is 76.3. The second-order valence-corrected chi connectivity index (χ2v) is 33.3. The zero-order valence-electron chi connectivity index (χ0n) is 66.8. The van der Waals surface area contributed by atoms with Gasteiger partial charge in [0, 0.05) is 25.7 Å². The van der Waals surface area contributed by atoms with E-state index < -0.39 is 97.5 Å². The Morgan fingerprint density at radius 2 is 0.451 bits per heavy atom. The summed E-state index contributed by atoms with van der Waals surface area (Å²) in [6.07, 6.45) is 68.1. The molecule has 0 aromatic carbocycles. The topological polar surface area (TPSA) is 237 Å². The fourth-order valence-corrected chi connectivity index (χ4v) is 14.5. The Hall–Kier alpha value is -1.94. The summed E-state index contributed by atoms with van der Waals surface area (Å²) in [7, 11) is -9.92. The summed E-state index contributed by atoms with van der Waals surface area (Å²) in [6.45, 7) is 7.31. The highest BCUT2D eigenvalue weighted by atomic mass is 31.2. The average Bonchev–Trinajstić information content (AvgIpc) is 0.940. The van der Waals surface area contributed by atoms with Crippen molar-refractivity contribution >= 4 is 39.5 Å². The maximum atomic E-state index is 13.1. The van der Waals surface area contributed by atoms with Crippen LogP contribution in [0.1, 0.15) is 446 Å². The normalized spacial score (nSPS) is 13.8. The van der Waals surface area contributed by atoms with Gasteiger partial charge in [0.2, 0.25) is 0 Å². The summed E-state index contributed by atoms with van der Waals surface area (Å²) in [4.78, 5) is 73.1. The molecular weight excluding hydrogens is 1330 g/mol. The molecule has 0 aliphatic carbocycles. The molecule has 0 aliphatic rings. The third-order valence-corrected chi connectivity index (χ3v) is 21.4. The molecule has 0 fully saturated rings. The zero-order chi connectivity index (χ0) is 74.8. The molecule has 3 N–H and O–H groups in total. The number of aliphatic hydroxyl groups is 1. The number of ether oxygens (including phenoxy) is 4. The van der Waals surface area contributed by atoms with Gasteiger partial charge in [-0.25, -0.2) is 9.13 Å². The lowest BCUT2D eigenvalue weighted by Gasteiger charge is -2.21. The van der Waals surface area contributed by atoms with E-state index in [-0.39, 0.29) is 25.7 Å². The van der Waals surface area contributed by atoms with Gasteiger partial charge in [-0.05, 0) is 31.6 Å². The average molecular weight is 1490 g/mol. The predicted octanol–water partition coefficient (Wildman–Crippen LogP) is 25.2. The SMILES string of the molecule is CCCCCCCCCCCCCCCCCCCCCCCCC(=O)O[C@H](COC(=O)CCCCCCCCCCCCCCCCCCC)COP(=O)(O)OC[C@@H](O)COP(=O)(O)OC[C@@H](COC(=O)CCCCCCCCCCCCC)OC(=O)CCCCCCCCCCCC(C)C. The summed E-state index contributed by atoms with van der Waals surface area (Å²) in [6, 6.07) is 0. The third-order valence-electron chi connectivity index (χ3n) is 19.5. The molecule has 0 aromatic heterocycles. The Bertz CT molecular complexity index is 1940. The van der Waals surface area contributed by atoms with Gasteiger partial charge in [-0.1, -0.05) is 394 Å². The van der Waals surface area contributed by atoms with Gasteiger partial charge in [-0.3, -0.25) is 37.3 Å². The Kier molecular flexibility index (Phi) is 74.4. The molecule has 0 amide bonds. The maximum absolute atomic E-state index is 13.1. The molecule has 0 bridgehead atoms. The smallest absolute Gasteiger partial charge is 0.462 e. The first-order valence-corrected chi connectivity index (χ1v) is 46.1. The lowest BCUT2D eigenvalue weighted by atomic mass is 10.0. The van der Waals surface area contributed by atoms with Crippen LogP contribution in [-0.4, -0.2) is 96.7 Å². The van der Waals surface area contributed by atoms with Crippen molar-refractivity contribution < 1.29 is 80.2 Å². The molecule has 0 saturated heterocycles. The molecule has 0 rings (SSSR count). The zero-order valence-corrected chi connectivity index (χ0v) is 68.5. The monoisotopic (exact) mass is 1490 g/mol. The summed E-state index contributed by atoms with van der Waals surface area (Å²) < 4.78 is 68.8. The van der Waals surface area contributed by atoms with E-state index in [1.807, 2.05) is 0 Å². The predicted molar refractivity (Wildman–Crippen MR) is 418 cm³/mol. The minimum Gasteiger partial charge on any atom is -0.462 e. The maximum Gasteiger partial charge on any atom is 0.472 e. The first kappa shape index (κ1) is 100. The molecule has 0 radical (unpaired) electrons. The molecule has 606 valence electrons. The molecule has 0 spiro atoms. The quantitative estimate of drug-likeness (QED) is 0.0222. The molecule has 0 aromatic rings. The Morgan fingerprint density at radius 3 is 0.667 bits per heavy atom. The highest BCUT2D eigenvalue weighted by molar-refractivity contribution is 7.47. The van der Waals surface area contributed by atoms with Gasteiger partial charge in [0.05, 0.1) is 26.4 Å². The van der Waals surface area contributed by atoms with E-state index in [2.05, 4.69) is 34.6 Å². The Morgan fingerprint density at radius 1 is 0.265 bits per heavy atom. The fourth-order valence-electron chi connectivity index (χ4n) is 12.9. The van der Waals surface area contributed by atoms with Crippen LogP contribution >= 0.6 is 15.6 Å². The van der Waals surface area contributed by atoms with Crippen molar-refractivity contribution in [1.82, 2.24) is 0 Å². The van der Waals surface area contributed by atoms with Crippen molar-refractivity contribution in [2.24, 2.45) is 5.92 Å². The van der Waals surface area contributed by atoms with Gasteiger partial charge in [-0.2, -0.15) is 0 Å². The first-order chi connectivity index (χ1) is 49.5. The number of hydrogen-bond donors (Lipinski definition) is 3. The van der Waals surface area contributed by atoms with Crippen LogP contribution in [0.15, 0.2) is 0 Å². The van der Waals surface area contributed by atoms with E-state index in [0.29, 0.717) is 25.7 Å². The van der Waals surface area contributed by atoms with Crippen LogP contribution in [0.3, 0.4) is 0 Å². The molecule has 102 heavy (non-hydrogen) atoms. The number of aliphatic hydroxyl groups excluding tert-OH is 1. The van der Waals surface area contributed by atoms with E-state index in [4.69, 9.17) is 37.0 Å². The highest BCUT2D eigenvalue weighted by Crippen LogP contribution is 2.45. The lowest BCUT2D eigenvalue weighted by Crippen LogP contribution is -2.30. The summed E-state index contributed by atoms with van der Waals surface area (Å²) in [5, 5.41) is 10.6. The molecule has 0 heterocycles. The van der Waals surface area contributed by atoms with Crippen molar-refractivity contribution in [1.29, 1.82) is 0 Å². The molecule has 19 heteroatoms. The van der Waals surface area contributed by atoms with Crippen LogP contribution in [0.25, 0.3) is 0 Å². The van der Waals surface area contributed by atoms with E-state index in [1.54, 1.807) is 0 Å². The molecular formula is C83H162O17P2. The Labute approximate surface area is 626 Å². The van der Waals surface area contributed by atoms with E-state index in [0.717, 1.165) is 95.8 Å². The summed E-state index contributed by atoms with van der Waals surface area (Å²) in [5.74, 6) is -1.37. The molecule has 2 unspecified atom stereocenters. The Balaban J connectivity index is 5.21. The highest BCUT2D eigenvalue weighted by Gasteiger charge is 2.30. The summed E-state index contributed by atoms with van der Waals surface area (Å²) in [5.41, 5.74) is 0. The standard InChI is InChI=1S/C83H162O17P2/c1-6-9-12-15-18-21-24-26-28-30-31-32-33-34-36-38-40-43-48-53-58-63-68-82(87)99-78(72-94-81(86)67-62-57-52-47-42-39-37-35-29-27-25-22-19-16-13-10-7-2)74-97-101(89,90)95-70-77(84)71-96-102(91,92)98-75-79(73-93-80(85)66-61-56-51-46-41-23-20-17-14-11-8-3)100-83(88)69-64-59-54-49-44-45-50-55-60-65-76(4)5/h76-79,84H,6-75H2,1-5H3,(H,89,90)(H,91,92)/t77-,78-,79-/m1/s1. The van der Waals surface area contributed by atoms with E-state index in [9.17, 15) is 43.2 Å². The number of carbonyl (C=O) groups is 4. The van der Waals surface area contributed by atoms with Gasteiger partial charge >= 0.3 is 39.5 Å². The van der Waals surface area contributed by atoms with Gasteiger partial charge < -0.3 is 33.8 Å². The number of unbranched alkanes of at least 4 members (excludes halogenated alkanes) is 55. The number of carbonyl (C=O) groups excluding carboxylic acids is 4.